The molecule has 0 aliphatic carbocycles. The summed E-state index contributed by atoms with van der Waals surface area (Å²) in [5, 5.41) is 0. The quantitative estimate of drug-likeness (QED) is 0.783. The Morgan fingerprint density at radius 1 is 1.32 bits per heavy atom. The van der Waals surface area contributed by atoms with E-state index in [1.165, 1.54) is 13.3 Å². The zero-order chi connectivity index (χ0) is 17.8. The molecule has 0 unspecified atom stereocenters. The van der Waals surface area contributed by atoms with Crippen LogP contribution in [0.1, 0.15) is 27.0 Å². The SMILES string of the molecule is CC(=O)OC[C@@H]1O[C@@H](n2cnc3c(N)ncnc32)[C@@H]2OC(C)(C)O[C@@H]21. The third-order valence-corrected chi connectivity index (χ3v) is 4.24. The molecule has 4 atom stereocenters. The zero-order valence-corrected chi connectivity index (χ0v) is 14.1. The van der Waals surface area contributed by atoms with Gasteiger partial charge in [-0.1, -0.05) is 0 Å². The second-order valence-electron chi connectivity index (χ2n) is 6.52. The second-order valence-corrected chi connectivity index (χ2v) is 6.52. The first-order chi connectivity index (χ1) is 11.9. The van der Waals surface area contributed by atoms with Gasteiger partial charge >= 0.3 is 5.97 Å². The summed E-state index contributed by atoms with van der Waals surface area (Å²) >= 11 is 0. The lowest BCUT2D eigenvalue weighted by atomic mass is 10.1. The molecule has 4 rings (SSSR count). The van der Waals surface area contributed by atoms with Gasteiger partial charge in [0.05, 0.1) is 6.33 Å². The molecule has 0 radical (unpaired) electrons. The number of nitrogens with two attached hydrogens (primary N) is 1. The van der Waals surface area contributed by atoms with Gasteiger partial charge in [0, 0.05) is 6.92 Å². The van der Waals surface area contributed by atoms with Crippen LogP contribution in [0, 0.1) is 0 Å². The molecule has 0 aromatic carbocycles. The fourth-order valence-electron chi connectivity index (χ4n) is 3.27. The molecular formula is C15H19N5O5. The molecular weight excluding hydrogens is 330 g/mol. The van der Waals surface area contributed by atoms with E-state index in [2.05, 4.69) is 15.0 Å². The van der Waals surface area contributed by atoms with Gasteiger partial charge in [-0.25, -0.2) is 15.0 Å². The van der Waals surface area contributed by atoms with Gasteiger partial charge in [-0.05, 0) is 13.8 Å². The van der Waals surface area contributed by atoms with E-state index in [0.717, 1.165) is 0 Å². The van der Waals surface area contributed by atoms with Crippen LogP contribution in [0.3, 0.4) is 0 Å². The van der Waals surface area contributed by atoms with Crippen molar-refractivity contribution in [3.63, 3.8) is 0 Å². The summed E-state index contributed by atoms with van der Waals surface area (Å²) in [7, 11) is 0. The standard InChI is InChI=1S/C15H19N5O5/c1-7(21)22-4-8-10-11(25-15(2,3)24-10)14(23-8)20-6-19-9-12(16)17-5-18-13(9)20/h5-6,8,10-11,14H,4H2,1-3H3,(H2,16,17,18)/t8-,10+,11+,14+/m0/s1. The minimum absolute atomic E-state index is 0.0796. The van der Waals surface area contributed by atoms with Gasteiger partial charge in [0.25, 0.3) is 0 Å². The first kappa shape index (κ1) is 16.2. The average Bonchev–Trinajstić information content (AvgIpc) is 3.17. The van der Waals surface area contributed by atoms with Crippen molar-refractivity contribution in [1.82, 2.24) is 19.5 Å². The second kappa shape index (κ2) is 5.61. The molecule has 0 bridgehead atoms. The third kappa shape index (κ3) is 2.71. The first-order valence-electron chi connectivity index (χ1n) is 7.93. The minimum atomic E-state index is -0.768. The number of hydrogen-bond donors (Lipinski definition) is 1. The zero-order valence-electron chi connectivity index (χ0n) is 14.1. The molecule has 2 aromatic rings. The molecule has 2 saturated heterocycles. The summed E-state index contributed by atoms with van der Waals surface area (Å²) in [5.74, 6) is -0.856. The largest absolute Gasteiger partial charge is 0.463 e. The number of rotatable bonds is 3. The van der Waals surface area contributed by atoms with Crippen molar-refractivity contribution < 1.29 is 23.7 Å². The average molecular weight is 349 g/mol. The van der Waals surface area contributed by atoms with Crippen molar-refractivity contribution in [2.75, 3.05) is 12.3 Å². The molecule has 25 heavy (non-hydrogen) atoms. The van der Waals surface area contributed by atoms with Crippen LogP contribution in [0.15, 0.2) is 12.7 Å². The Kier molecular flexibility index (Phi) is 3.63. The summed E-state index contributed by atoms with van der Waals surface area (Å²) in [6.07, 6.45) is 1.18. The molecule has 0 saturated carbocycles. The van der Waals surface area contributed by atoms with E-state index in [9.17, 15) is 4.79 Å². The summed E-state index contributed by atoms with van der Waals surface area (Å²) in [6.45, 7) is 5.09. The maximum Gasteiger partial charge on any atom is 0.302 e. The number of esters is 1. The minimum Gasteiger partial charge on any atom is -0.463 e. The molecule has 10 nitrogen and oxygen atoms in total. The predicted octanol–water partition coefficient (Wildman–Crippen LogP) is 0.389. The summed E-state index contributed by atoms with van der Waals surface area (Å²) in [4.78, 5) is 23.6. The summed E-state index contributed by atoms with van der Waals surface area (Å²) < 4.78 is 24.9. The fourth-order valence-corrected chi connectivity index (χ4v) is 3.27. The van der Waals surface area contributed by atoms with Crippen molar-refractivity contribution in [3.8, 4) is 0 Å². The highest BCUT2D eigenvalue weighted by molar-refractivity contribution is 5.81. The maximum absolute atomic E-state index is 11.1. The smallest absolute Gasteiger partial charge is 0.302 e. The Hall–Kier alpha value is -2.30. The van der Waals surface area contributed by atoms with Crippen LogP contribution >= 0.6 is 0 Å². The molecule has 134 valence electrons. The number of imidazole rings is 1. The Morgan fingerprint density at radius 2 is 2.08 bits per heavy atom. The molecule has 4 heterocycles. The van der Waals surface area contributed by atoms with Gasteiger partial charge in [-0.15, -0.1) is 0 Å². The van der Waals surface area contributed by atoms with E-state index < -0.39 is 24.2 Å². The number of anilines is 1. The lowest BCUT2D eigenvalue weighted by molar-refractivity contribution is -0.201. The van der Waals surface area contributed by atoms with Gasteiger partial charge in [0.1, 0.15) is 36.8 Å². The summed E-state index contributed by atoms with van der Waals surface area (Å²) in [6, 6.07) is 0. The van der Waals surface area contributed by atoms with Crippen molar-refractivity contribution in [1.29, 1.82) is 0 Å². The Morgan fingerprint density at radius 3 is 2.84 bits per heavy atom. The lowest BCUT2D eigenvalue weighted by Crippen LogP contribution is -2.33. The highest BCUT2D eigenvalue weighted by atomic mass is 16.8. The van der Waals surface area contributed by atoms with E-state index in [1.54, 1.807) is 10.9 Å². The number of carbonyl (C=O) groups is 1. The van der Waals surface area contributed by atoms with Gasteiger partial charge in [-0.3, -0.25) is 9.36 Å². The molecule has 2 aliphatic rings. The fraction of sp³-hybridized carbons (Fsp3) is 0.600. The van der Waals surface area contributed by atoms with Crippen LogP contribution < -0.4 is 5.73 Å². The van der Waals surface area contributed by atoms with Crippen molar-refractivity contribution in [3.05, 3.63) is 12.7 Å². The van der Waals surface area contributed by atoms with Gasteiger partial charge < -0.3 is 24.7 Å². The number of hydrogen-bond acceptors (Lipinski definition) is 9. The molecule has 2 fully saturated rings. The number of nitrogen functional groups attached to an aromatic ring is 1. The molecule has 2 aromatic heterocycles. The normalized spacial score (nSPS) is 30.5. The van der Waals surface area contributed by atoms with Gasteiger partial charge in [-0.2, -0.15) is 0 Å². The van der Waals surface area contributed by atoms with Crippen LogP contribution in [-0.2, 0) is 23.7 Å². The first-order valence-corrected chi connectivity index (χ1v) is 7.93. The molecule has 0 amide bonds. The van der Waals surface area contributed by atoms with Crippen LogP contribution in [0.25, 0.3) is 11.2 Å². The number of aromatic nitrogens is 4. The van der Waals surface area contributed by atoms with E-state index in [0.29, 0.717) is 17.0 Å². The molecule has 10 heteroatoms. The monoisotopic (exact) mass is 349 g/mol. The topological polar surface area (TPSA) is 124 Å². The highest BCUT2D eigenvalue weighted by Crippen LogP contribution is 2.43. The number of carbonyl (C=O) groups excluding carboxylic acids is 1. The number of ether oxygens (including phenoxy) is 4. The number of nitrogens with zero attached hydrogens (tertiary/aromatic N) is 4. The number of fused-ring (bicyclic) bond motifs is 2. The lowest BCUT2D eigenvalue weighted by Gasteiger charge is -2.24. The van der Waals surface area contributed by atoms with Crippen LogP contribution in [0.4, 0.5) is 5.82 Å². The van der Waals surface area contributed by atoms with Crippen LogP contribution in [0.2, 0.25) is 0 Å². The van der Waals surface area contributed by atoms with Gasteiger partial charge in [0.15, 0.2) is 23.5 Å². The van der Waals surface area contributed by atoms with E-state index in [4.69, 9.17) is 24.7 Å². The maximum atomic E-state index is 11.1. The van der Waals surface area contributed by atoms with E-state index in [-0.39, 0.29) is 18.7 Å². The highest BCUT2D eigenvalue weighted by Gasteiger charge is 2.56. The Labute approximate surface area is 143 Å². The molecule has 2 N–H and O–H groups in total. The Balaban J connectivity index is 1.68. The Bertz CT molecular complexity index is 822. The van der Waals surface area contributed by atoms with Gasteiger partial charge in [0.2, 0.25) is 0 Å². The molecule has 0 spiro atoms. The molecule has 2 aliphatic heterocycles. The van der Waals surface area contributed by atoms with Crippen molar-refractivity contribution in [2.45, 2.75) is 51.1 Å². The van der Waals surface area contributed by atoms with E-state index >= 15 is 0 Å². The van der Waals surface area contributed by atoms with Crippen LogP contribution in [0.5, 0.6) is 0 Å². The predicted molar refractivity (Wildman–Crippen MR) is 84.1 cm³/mol. The van der Waals surface area contributed by atoms with E-state index in [1.807, 2.05) is 13.8 Å². The summed E-state index contributed by atoms with van der Waals surface area (Å²) in [5.41, 5.74) is 6.87. The van der Waals surface area contributed by atoms with Crippen molar-refractivity contribution in [2.24, 2.45) is 0 Å². The van der Waals surface area contributed by atoms with Crippen molar-refractivity contribution >= 4 is 23.0 Å². The third-order valence-electron chi connectivity index (χ3n) is 4.24. The van der Waals surface area contributed by atoms with Crippen LogP contribution in [-0.4, -0.2) is 56.2 Å².